The van der Waals surface area contributed by atoms with Crippen LogP contribution in [0.1, 0.15) is 22.7 Å². The van der Waals surface area contributed by atoms with Gasteiger partial charge in [-0.25, -0.2) is 4.98 Å². The van der Waals surface area contributed by atoms with E-state index >= 15 is 0 Å². The van der Waals surface area contributed by atoms with Crippen molar-refractivity contribution in [2.24, 2.45) is 0 Å². The molecular formula is C84H51N8+. The second-order valence-electron chi connectivity index (χ2n) is 24.4. The summed E-state index contributed by atoms with van der Waals surface area (Å²) in [6, 6.07) is 106. The van der Waals surface area contributed by atoms with Crippen LogP contribution in [0.2, 0.25) is 0 Å². The first kappa shape index (κ1) is 50.4. The fourth-order valence-electron chi connectivity index (χ4n) is 15.8. The molecule has 0 bridgehead atoms. The number of benzene rings is 12. The van der Waals surface area contributed by atoms with Gasteiger partial charge in [-0.1, -0.05) is 188 Å². The molecule has 0 unspecified atom stereocenters. The van der Waals surface area contributed by atoms with Gasteiger partial charge in [-0.05, 0) is 108 Å². The van der Waals surface area contributed by atoms with Crippen molar-refractivity contribution in [3.63, 3.8) is 0 Å². The predicted molar refractivity (Wildman–Crippen MR) is 375 cm³/mol. The first-order chi connectivity index (χ1) is 45.6. The molecule has 426 valence electrons. The summed E-state index contributed by atoms with van der Waals surface area (Å²) < 4.78 is 14.4. The second kappa shape index (κ2) is 19.2. The number of rotatable bonds is 7. The zero-order valence-corrected chi connectivity index (χ0v) is 49.5. The number of aromatic nitrogens is 7. The van der Waals surface area contributed by atoms with Crippen LogP contribution < -0.4 is 4.57 Å². The van der Waals surface area contributed by atoms with Crippen molar-refractivity contribution in [2.75, 3.05) is 0 Å². The molecule has 0 spiro atoms. The van der Waals surface area contributed by atoms with Gasteiger partial charge in [0, 0.05) is 93.7 Å². The van der Waals surface area contributed by atoms with Crippen LogP contribution in [-0.2, 0) is 0 Å². The van der Waals surface area contributed by atoms with E-state index in [1.807, 2.05) is 18.2 Å². The third-order valence-corrected chi connectivity index (χ3v) is 19.7. The van der Waals surface area contributed by atoms with Crippen molar-refractivity contribution in [3.8, 4) is 56.9 Å². The van der Waals surface area contributed by atoms with Crippen molar-refractivity contribution < 1.29 is 4.57 Å². The van der Waals surface area contributed by atoms with Crippen LogP contribution in [0.3, 0.4) is 0 Å². The first-order valence-corrected chi connectivity index (χ1v) is 31.3. The lowest BCUT2D eigenvalue weighted by atomic mass is 10.0. The van der Waals surface area contributed by atoms with E-state index in [-0.39, 0.29) is 6.04 Å². The van der Waals surface area contributed by atoms with Crippen molar-refractivity contribution in [1.82, 2.24) is 27.8 Å². The van der Waals surface area contributed by atoms with Gasteiger partial charge in [-0.15, -0.1) is 0 Å². The Morgan fingerprint density at radius 3 is 1.15 bits per heavy atom. The van der Waals surface area contributed by atoms with Gasteiger partial charge in [0.15, 0.2) is 12.4 Å². The average Bonchev–Trinajstić information content (AvgIpc) is 1.61. The summed E-state index contributed by atoms with van der Waals surface area (Å²) in [5.74, 6) is 0.742. The highest BCUT2D eigenvalue weighted by Crippen LogP contribution is 2.46. The number of para-hydroxylation sites is 6. The highest BCUT2D eigenvalue weighted by atomic mass is 15.1. The largest absolute Gasteiger partial charge is 0.309 e. The normalized spacial score (nSPS) is 12.5. The summed E-state index contributed by atoms with van der Waals surface area (Å²) >= 11 is 0. The molecule has 92 heavy (non-hydrogen) atoms. The average molecular weight is 1170 g/mol. The summed E-state index contributed by atoms with van der Waals surface area (Å²) in [6.45, 7) is 0. The molecule has 1 aliphatic carbocycles. The summed E-state index contributed by atoms with van der Waals surface area (Å²) in [5, 5.41) is 22.4. The molecule has 1 aliphatic rings. The molecule has 0 saturated carbocycles. The van der Waals surface area contributed by atoms with E-state index in [1.165, 1.54) is 54.6 Å². The minimum Gasteiger partial charge on any atom is -0.309 e. The van der Waals surface area contributed by atoms with Gasteiger partial charge in [0.2, 0.25) is 6.04 Å². The number of hydrogen-bond acceptors (Lipinski definition) is 2. The van der Waals surface area contributed by atoms with Crippen molar-refractivity contribution in [1.29, 1.82) is 5.26 Å². The smallest absolute Gasteiger partial charge is 0.210 e. The van der Waals surface area contributed by atoms with E-state index in [0.717, 1.165) is 116 Å². The van der Waals surface area contributed by atoms with Gasteiger partial charge in [0.05, 0.1) is 73.2 Å². The molecule has 0 amide bonds. The topological polar surface area (TPSA) is 65.2 Å². The lowest BCUT2D eigenvalue weighted by Gasteiger charge is -2.17. The van der Waals surface area contributed by atoms with E-state index in [1.54, 1.807) is 0 Å². The highest BCUT2D eigenvalue weighted by Gasteiger charge is 2.36. The monoisotopic (exact) mass is 1170 g/mol. The van der Waals surface area contributed by atoms with E-state index in [0.29, 0.717) is 5.56 Å². The first-order valence-electron chi connectivity index (χ1n) is 31.3. The molecule has 0 saturated heterocycles. The number of fused-ring (bicyclic) bond motifs is 18. The molecule has 8 nitrogen and oxygen atoms in total. The third-order valence-electron chi connectivity index (χ3n) is 19.7. The van der Waals surface area contributed by atoms with Crippen LogP contribution in [-0.4, -0.2) is 27.8 Å². The molecule has 0 N–H and O–H groups in total. The van der Waals surface area contributed by atoms with Crippen LogP contribution in [0.5, 0.6) is 0 Å². The molecule has 19 aromatic rings. The molecule has 0 radical (unpaired) electrons. The Labute approximate surface area is 527 Å². The molecule has 0 fully saturated rings. The van der Waals surface area contributed by atoms with E-state index < -0.39 is 0 Å². The second-order valence-corrected chi connectivity index (χ2v) is 24.4. The minimum atomic E-state index is -0.0613. The lowest BCUT2D eigenvalue weighted by molar-refractivity contribution is -0.703. The van der Waals surface area contributed by atoms with Crippen molar-refractivity contribution in [3.05, 3.63) is 320 Å². The molecule has 12 aromatic carbocycles. The number of nitrogens with zero attached hydrogens (tertiary/aromatic N) is 8. The minimum absolute atomic E-state index is 0.0613. The molecule has 7 aromatic heterocycles. The Kier molecular flexibility index (Phi) is 10.5. The van der Waals surface area contributed by atoms with Crippen LogP contribution >= 0.6 is 0 Å². The SMILES string of the molecule is N#Cc1cccc(-c2cc(-n3c4cc(-n5c6ccccc6c6ccccc65)ccc4c4ccc(-n5c6ccccc6c6ccccc65)cc43)ncc2-n2c3cc(-n4c5ccccc5c5ccccc54)ccc3c3cc[n+](C4c5ccccc5-c5ccccc54)cc32)c1. The Morgan fingerprint density at radius 2 is 0.707 bits per heavy atom. The molecule has 20 rings (SSSR count). The van der Waals surface area contributed by atoms with Crippen molar-refractivity contribution >= 4 is 109 Å². The van der Waals surface area contributed by atoms with Crippen LogP contribution in [0.4, 0.5) is 0 Å². The zero-order valence-electron chi connectivity index (χ0n) is 49.5. The van der Waals surface area contributed by atoms with Gasteiger partial charge >= 0.3 is 0 Å². The fraction of sp³-hybridized carbons (Fsp3) is 0.0119. The molecule has 0 atom stereocenters. The molecule has 8 heteroatoms. The quantitative estimate of drug-likeness (QED) is 0.149. The summed E-state index contributed by atoms with van der Waals surface area (Å²) in [7, 11) is 0. The molecule has 0 aliphatic heterocycles. The van der Waals surface area contributed by atoms with Crippen LogP contribution in [0.25, 0.3) is 160 Å². The standard InChI is InChI=1S/C84H51N8/c85-49-52-18-17-19-53(44-52)71-48-83(92-79-46-55(89-74-32-13-7-24-61(74)62-25-8-14-33-75(62)89)36-39-65(79)66-40-37-56(47-80(66)92)90-76-34-15-9-26-63(76)64-27-10-16-35-77(64)90)86-50-81(71)91-78-45-54(88-72-30-11-5-22-59(72)60-23-6-12-31-73(60)88)38-41-67(78)68-42-43-87(51-82(68)91)84-69-28-3-1-20-57(69)58-21-2-4-29-70(58)84/h1-48,50-51,84H/q+1. The van der Waals surface area contributed by atoms with Crippen LogP contribution in [0.15, 0.2) is 304 Å². The van der Waals surface area contributed by atoms with E-state index in [2.05, 4.69) is 319 Å². The van der Waals surface area contributed by atoms with Gasteiger partial charge in [-0.3, -0.25) is 4.57 Å². The number of hydrogen-bond donors (Lipinski definition) is 0. The zero-order chi connectivity index (χ0) is 60.3. The van der Waals surface area contributed by atoms with Crippen molar-refractivity contribution in [2.45, 2.75) is 6.04 Å². The Bertz CT molecular complexity index is 6060. The fourth-order valence-corrected chi connectivity index (χ4v) is 15.8. The summed E-state index contributed by atoms with van der Waals surface area (Å²) in [5.41, 5.74) is 22.4. The molecule has 7 heterocycles. The van der Waals surface area contributed by atoms with Gasteiger partial charge in [0.25, 0.3) is 0 Å². The Morgan fingerprint density at radius 1 is 0.315 bits per heavy atom. The Balaban J connectivity index is 0.887. The Hall–Kier alpha value is -12.6. The maximum absolute atomic E-state index is 10.7. The lowest BCUT2D eigenvalue weighted by Crippen LogP contribution is -2.39. The van der Waals surface area contributed by atoms with Gasteiger partial charge in [-0.2, -0.15) is 9.83 Å². The maximum Gasteiger partial charge on any atom is 0.210 e. The highest BCUT2D eigenvalue weighted by molar-refractivity contribution is 6.15. The number of pyridine rings is 2. The van der Waals surface area contributed by atoms with E-state index in [4.69, 9.17) is 4.98 Å². The van der Waals surface area contributed by atoms with Crippen LogP contribution in [0, 0.1) is 11.3 Å². The number of nitriles is 1. The summed E-state index contributed by atoms with van der Waals surface area (Å²) in [4.78, 5) is 5.77. The van der Waals surface area contributed by atoms with Gasteiger partial charge in [0.1, 0.15) is 11.3 Å². The predicted octanol–water partition coefficient (Wildman–Crippen LogP) is 20.0. The summed E-state index contributed by atoms with van der Waals surface area (Å²) in [6.07, 6.45) is 6.69. The maximum atomic E-state index is 10.7. The van der Waals surface area contributed by atoms with Gasteiger partial charge < -0.3 is 18.3 Å². The third kappa shape index (κ3) is 7.10. The molecular weight excluding hydrogens is 1120 g/mol. The van der Waals surface area contributed by atoms with E-state index in [9.17, 15) is 5.26 Å².